The van der Waals surface area contributed by atoms with Crippen molar-refractivity contribution >= 4 is 29.1 Å². The number of rotatable bonds is 12. The number of aromatic hydroxyl groups is 1. The molecule has 3 aromatic carbocycles. The first-order valence-electron chi connectivity index (χ1n) is 20.4. The van der Waals surface area contributed by atoms with Crippen LogP contribution in [0.1, 0.15) is 64.3 Å². The van der Waals surface area contributed by atoms with Gasteiger partial charge in [0.25, 0.3) is 0 Å². The van der Waals surface area contributed by atoms with E-state index in [1.54, 1.807) is 35.7 Å². The van der Waals surface area contributed by atoms with Gasteiger partial charge in [0.05, 0.1) is 46.7 Å². The number of para-hydroxylation sites is 1. The molecule has 2 aliphatic heterocycles. The number of aliphatic hydroxyl groups is 1. The zero-order valence-corrected chi connectivity index (χ0v) is 35.5. The van der Waals surface area contributed by atoms with Crippen molar-refractivity contribution < 1.29 is 29.3 Å². The predicted octanol–water partition coefficient (Wildman–Crippen LogP) is 6.16. The lowest BCUT2D eigenvalue weighted by Gasteiger charge is -2.36. The van der Waals surface area contributed by atoms with Crippen molar-refractivity contribution in [2.45, 2.75) is 84.2 Å². The highest BCUT2D eigenvalue weighted by Gasteiger charge is 2.45. The molecule has 14 heteroatoms. The molecule has 1 unspecified atom stereocenters. The average molecular weight is 832 g/mol. The Morgan fingerprint density at radius 1 is 0.950 bits per heavy atom. The molecule has 3 amide bonds. The van der Waals surface area contributed by atoms with Crippen LogP contribution in [0.5, 0.6) is 11.5 Å². The zero-order valence-electron chi connectivity index (χ0n) is 34.7. The van der Waals surface area contributed by atoms with Gasteiger partial charge in [0.1, 0.15) is 29.7 Å². The van der Waals surface area contributed by atoms with Crippen molar-refractivity contribution in [1.82, 2.24) is 35.6 Å². The number of carbonyl (C=O) groups is 3. The fraction of sp³-hybridized carbons (Fsp3) is 0.391. The van der Waals surface area contributed by atoms with E-state index in [1.165, 1.54) is 4.90 Å². The third-order valence-corrected chi connectivity index (χ3v) is 12.3. The number of phenols is 1. The summed E-state index contributed by atoms with van der Waals surface area (Å²) in [5.74, 6) is -0.125. The van der Waals surface area contributed by atoms with Crippen LogP contribution < -0.4 is 15.4 Å². The second-order valence-electron chi connectivity index (χ2n) is 16.8. The SMILES string of the molecule is Cc1ncsc1-c1ccc([C@H](C)NC(=O)[C@@H]2C[C@@H](O)CN2C(=O)C(NC(=O)CN2CCC(Oc3ccc(-c4cnnc(-c5ccccc5O)c4)cc3)CC2)C(C)(C)C)cc1. The second kappa shape index (κ2) is 18.3. The maximum absolute atomic E-state index is 14.2. The van der Waals surface area contributed by atoms with E-state index in [0.29, 0.717) is 24.3 Å². The number of carbonyl (C=O) groups excluding carboxylic acids is 3. The van der Waals surface area contributed by atoms with E-state index >= 15 is 0 Å². The van der Waals surface area contributed by atoms with Gasteiger partial charge in [-0.25, -0.2) is 4.98 Å². The number of ether oxygens (including phenoxy) is 1. The number of piperidine rings is 1. The number of aliphatic hydroxyl groups excluding tert-OH is 1. The summed E-state index contributed by atoms with van der Waals surface area (Å²) < 4.78 is 6.32. The third kappa shape index (κ3) is 10.0. The average Bonchev–Trinajstić information content (AvgIpc) is 3.85. The van der Waals surface area contributed by atoms with E-state index in [2.05, 4.69) is 30.7 Å². The third-order valence-electron chi connectivity index (χ3n) is 11.3. The fourth-order valence-electron chi connectivity index (χ4n) is 7.88. The minimum Gasteiger partial charge on any atom is -0.507 e. The maximum Gasteiger partial charge on any atom is 0.246 e. The molecule has 7 rings (SSSR count). The number of β-amino-alcohol motifs (C(OH)–C–C–N with tert-alkyl or cyclic N) is 1. The molecule has 13 nitrogen and oxygen atoms in total. The van der Waals surface area contributed by atoms with E-state index in [1.807, 2.05) is 101 Å². The molecule has 2 saturated heterocycles. The number of phenolic OH excluding ortho intramolecular Hbond substituents is 1. The van der Waals surface area contributed by atoms with Crippen molar-refractivity contribution in [2.24, 2.45) is 5.41 Å². The zero-order chi connectivity index (χ0) is 42.6. The summed E-state index contributed by atoms with van der Waals surface area (Å²) in [6.07, 6.45) is 2.38. The highest BCUT2D eigenvalue weighted by Crippen LogP contribution is 2.32. The fourth-order valence-corrected chi connectivity index (χ4v) is 8.69. The molecule has 0 bridgehead atoms. The first-order valence-corrected chi connectivity index (χ1v) is 21.3. The van der Waals surface area contributed by atoms with Gasteiger partial charge in [-0.1, -0.05) is 69.3 Å². The summed E-state index contributed by atoms with van der Waals surface area (Å²) in [5.41, 5.74) is 7.10. The Balaban J connectivity index is 0.902. The summed E-state index contributed by atoms with van der Waals surface area (Å²) in [6.45, 7) is 10.9. The molecule has 2 fully saturated rings. The topological polar surface area (TPSA) is 170 Å². The molecule has 0 saturated carbocycles. The number of nitrogens with one attached hydrogen (secondary N) is 2. The second-order valence-corrected chi connectivity index (χ2v) is 17.7. The van der Waals surface area contributed by atoms with Crippen molar-refractivity contribution in [3.05, 3.63) is 102 Å². The molecule has 60 heavy (non-hydrogen) atoms. The predicted molar refractivity (Wildman–Crippen MR) is 231 cm³/mol. The standard InChI is InChI=1S/C46H53N7O6S/c1-28(30-10-12-32(13-11-30)42-29(2)47-27-60-42)49-44(57)39-23-34(54)25-53(39)45(58)43(46(3,4)5)50-41(56)26-52-20-18-36(19-21-52)59-35-16-14-31(15-17-35)33-22-38(51-48-24-33)37-8-6-7-9-40(37)55/h6-17,22,24,27-28,34,36,39,43,54-55H,18-21,23,25-26H2,1-5H3,(H,49,57)(H,50,56)/t28-,34+,39-,43?/m0/s1. The summed E-state index contributed by atoms with van der Waals surface area (Å²) in [4.78, 5) is 50.3. The number of hydrogen-bond acceptors (Lipinski definition) is 11. The molecule has 0 spiro atoms. The quantitative estimate of drug-likeness (QED) is 0.114. The first kappa shape index (κ1) is 42.4. The van der Waals surface area contributed by atoms with Gasteiger partial charge < -0.3 is 30.5 Å². The van der Waals surface area contributed by atoms with Crippen molar-refractivity contribution in [2.75, 3.05) is 26.2 Å². The minimum absolute atomic E-state index is 0.00834. The number of nitrogens with zero attached hydrogens (tertiary/aromatic N) is 5. The van der Waals surface area contributed by atoms with Crippen molar-refractivity contribution in [3.8, 4) is 44.3 Å². The van der Waals surface area contributed by atoms with E-state index in [0.717, 1.165) is 51.4 Å². The summed E-state index contributed by atoms with van der Waals surface area (Å²) in [6, 6.07) is 22.6. The molecule has 2 aromatic heterocycles. The summed E-state index contributed by atoms with van der Waals surface area (Å²) >= 11 is 1.58. The Kier molecular flexibility index (Phi) is 12.9. The molecule has 5 aromatic rings. The number of aryl methyl sites for hydroxylation is 1. The van der Waals surface area contributed by atoms with Crippen LogP contribution in [0.15, 0.2) is 90.6 Å². The van der Waals surface area contributed by atoms with Crippen LogP contribution in [-0.4, -0.2) is 103 Å². The van der Waals surface area contributed by atoms with Gasteiger partial charge >= 0.3 is 0 Å². The monoisotopic (exact) mass is 831 g/mol. The van der Waals surface area contributed by atoms with Crippen LogP contribution in [0.3, 0.4) is 0 Å². The van der Waals surface area contributed by atoms with E-state index in [-0.39, 0.29) is 49.2 Å². The molecule has 0 radical (unpaired) electrons. The highest BCUT2D eigenvalue weighted by molar-refractivity contribution is 7.13. The Hall–Kier alpha value is -5.70. The van der Waals surface area contributed by atoms with Gasteiger partial charge in [-0.15, -0.1) is 11.3 Å². The Labute approximate surface area is 354 Å². The molecule has 2 aliphatic rings. The van der Waals surface area contributed by atoms with Crippen LogP contribution in [0.25, 0.3) is 32.8 Å². The van der Waals surface area contributed by atoms with Crippen LogP contribution in [0.2, 0.25) is 0 Å². The smallest absolute Gasteiger partial charge is 0.246 e. The van der Waals surface area contributed by atoms with Crippen molar-refractivity contribution in [3.63, 3.8) is 0 Å². The molecular weight excluding hydrogens is 779 g/mol. The van der Waals surface area contributed by atoms with Gasteiger partial charge in [-0.2, -0.15) is 10.2 Å². The van der Waals surface area contributed by atoms with Gasteiger partial charge in [0, 0.05) is 37.2 Å². The van der Waals surface area contributed by atoms with Gasteiger partial charge in [0.2, 0.25) is 17.7 Å². The molecule has 4 atom stereocenters. The minimum atomic E-state index is -0.908. The number of hydrogen-bond donors (Lipinski definition) is 4. The van der Waals surface area contributed by atoms with Gasteiger partial charge in [-0.05, 0) is 79.1 Å². The molecule has 4 heterocycles. The van der Waals surface area contributed by atoms with E-state index in [9.17, 15) is 24.6 Å². The van der Waals surface area contributed by atoms with Crippen LogP contribution in [0, 0.1) is 12.3 Å². The Bertz CT molecular complexity index is 2290. The van der Waals surface area contributed by atoms with Crippen molar-refractivity contribution in [1.29, 1.82) is 0 Å². The Morgan fingerprint density at radius 2 is 1.65 bits per heavy atom. The normalized spacial score (nSPS) is 18.5. The number of aromatic nitrogens is 3. The van der Waals surface area contributed by atoms with Crippen LogP contribution >= 0.6 is 11.3 Å². The number of amides is 3. The van der Waals surface area contributed by atoms with Gasteiger partial charge in [-0.3, -0.25) is 19.3 Å². The van der Waals surface area contributed by atoms with Crippen LogP contribution in [0.4, 0.5) is 0 Å². The number of thiazole rings is 1. The van der Waals surface area contributed by atoms with Crippen LogP contribution in [-0.2, 0) is 14.4 Å². The lowest BCUT2D eigenvalue weighted by molar-refractivity contribution is -0.144. The lowest BCUT2D eigenvalue weighted by Crippen LogP contribution is -2.59. The Morgan fingerprint density at radius 3 is 2.32 bits per heavy atom. The largest absolute Gasteiger partial charge is 0.507 e. The highest BCUT2D eigenvalue weighted by atomic mass is 32.1. The molecule has 0 aliphatic carbocycles. The number of likely N-dealkylation sites (tertiary alicyclic amines) is 2. The number of benzene rings is 3. The molecule has 4 N–H and O–H groups in total. The van der Waals surface area contributed by atoms with E-state index < -0.39 is 29.5 Å². The molecule has 314 valence electrons. The summed E-state index contributed by atoms with van der Waals surface area (Å²) in [7, 11) is 0. The summed E-state index contributed by atoms with van der Waals surface area (Å²) in [5, 5.41) is 35.3. The molecular formula is C46H53N7O6S. The van der Waals surface area contributed by atoms with E-state index in [4.69, 9.17) is 4.74 Å². The van der Waals surface area contributed by atoms with Gasteiger partial charge in [0.15, 0.2) is 0 Å². The lowest BCUT2D eigenvalue weighted by atomic mass is 9.85. The first-order chi connectivity index (χ1) is 28.7. The maximum atomic E-state index is 14.2.